The molecule has 2 N–H and O–H groups in total. The lowest BCUT2D eigenvalue weighted by molar-refractivity contribution is 0.144. The summed E-state index contributed by atoms with van der Waals surface area (Å²) in [4.78, 5) is 15.9. The summed E-state index contributed by atoms with van der Waals surface area (Å²) in [5.41, 5.74) is 1.03. The van der Waals surface area contributed by atoms with Crippen LogP contribution in [-0.2, 0) is 4.74 Å². The van der Waals surface area contributed by atoms with Crippen molar-refractivity contribution in [2.75, 3.05) is 40.5 Å². The number of hydrazone groups is 1. The molecule has 0 aromatic heterocycles. The Morgan fingerprint density at radius 1 is 1.41 bits per heavy atom. The van der Waals surface area contributed by atoms with Crippen LogP contribution in [0.2, 0.25) is 0 Å². The Morgan fingerprint density at radius 3 is 2.93 bits per heavy atom. The van der Waals surface area contributed by atoms with E-state index < -0.39 is 0 Å². The molecule has 0 aromatic carbocycles. The van der Waals surface area contributed by atoms with E-state index >= 15 is 0 Å². The van der Waals surface area contributed by atoms with Gasteiger partial charge < -0.3 is 20.1 Å². The second-order valence-corrected chi connectivity index (χ2v) is 6.67. The van der Waals surface area contributed by atoms with E-state index in [0.29, 0.717) is 25.7 Å². The Kier molecular flexibility index (Phi) is 6.57. The highest BCUT2D eigenvalue weighted by Gasteiger charge is 2.43. The van der Waals surface area contributed by atoms with Gasteiger partial charge in [0.1, 0.15) is 23.7 Å². The summed E-state index contributed by atoms with van der Waals surface area (Å²) >= 11 is 0. The first-order valence-corrected chi connectivity index (χ1v) is 9.49. The van der Waals surface area contributed by atoms with E-state index in [1.807, 2.05) is 23.2 Å². The maximum absolute atomic E-state index is 9.28. The third-order valence-electron chi connectivity index (χ3n) is 4.76. The molecule has 2 atom stereocenters. The van der Waals surface area contributed by atoms with Crippen LogP contribution in [0.3, 0.4) is 0 Å². The highest BCUT2D eigenvalue weighted by molar-refractivity contribution is 6.08. The van der Waals surface area contributed by atoms with Crippen molar-refractivity contribution >= 4 is 23.7 Å². The maximum atomic E-state index is 9.28. The fourth-order valence-corrected chi connectivity index (χ4v) is 3.31. The van der Waals surface area contributed by atoms with Crippen molar-refractivity contribution in [3.05, 3.63) is 11.9 Å². The molecule has 0 radical (unpaired) electrons. The number of aliphatic hydroxyl groups excluding tert-OH is 1. The van der Waals surface area contributed by atoms with Gasteiger partial charge in [0.05, 0.1) is 25.5 Å². The molecule has 27 heavy (non-hydrogen) atoms. The Morgan fingerprint density at radius 2 is 2.26 bits per heavy atom. The molecule has 3 heterocycles. The Balaban J connectivity index is 1.91. The number of allylic oxidation sites excluding steroid dienone is 1. The number of rotatable bonds is 7. The number of aliphatic imine (C=N–C) groups is 3. The maximum Gasteiger partial charge on any atom is 0.222 e. The van der Waals surface area contributed by atoms with Gasteiger partial charge in [-0.25, -0.2) is 9.98 Å². The molecule has 3 rings (SSSR count). The number of ether oxygens (including phenoxy) is 1. The standard InChI is InChI=1S/C18H29N7O2/c1-4-13-15-16(25(23-13)10-12-27-3)17(20-14-7-5-6-8-19-14)22-18(21-15)24(2)9-11-26/h7-8,15-16,26H,4-6,9-12H2,1-3H3,(H,20,21,22). The zero-order chi connectivity index (χ0) is 19.2. The van der Waals surface area contributed by atoms with E-state index in [-0.39, 0.29) is 18.7 Å². The van der Waals surface area contributed by atoms with Crippen LogP contribution >= 0.6 is 0 Å². The molecule has 0 fully saturated rings. The van der Waals surface area contributed by atoms with Gasteiger partial charge in [-0.05, 0) is 25.3 Å². The fraction of sp³-hybridized carbons (Fsp3) is 0.667. The first kappa shape index (κ1) is 19.5. The molecule has 3 aliphatic rings. The van der Waals surface area contributed by atoms with E-state index in [2.05, 4.69) is 23.3 Å². The van der Waals surface area contributed by atoms with Gasteiger partial charge in [-0.15, -0.1) is 0 Å². The van der Waals surface area contributed by atoms with Crippen molar-refractivity contribution in [1.82, 2.24) is 15.2 Å². The van der Waals surface area contributed by atoms with E-state index in [0.717, 1.165) is 36.6 Å². The van der Waals surface area contributed by atoms with Gasteiger partial charge in [0.25, 0.3) is 0 Å². The van der Waals surface area contributed by atoms with Crippen LogP contribution in [-0.4, -0.2) is 91.3 Å². The minimum absolute atomic E-state index is 0.0477. The Labute approximate surface area is 160 Å². The number of likely N-dealkylation sites (N-methyl/N-ethyl adjacent to an activating group) is 1. The van der Waals surface area contributed by atoms with Crippen LogP contribution < -0.4 is 5.32 Å². The first-order chi connectivity index (χ1) is 13.2. The highest BCUT2D eigenvalue weighted by Crippen LogP contribution is 2.25. The van der Waals surface area contributed by atoms with Gasteiger partial charge in [0.15, 0.2) is 0 Å². The number of nitrogens with one attached hydrogen (secondary N) is 1. The minimum atomic E-state index is -0.101. The van der Waals surface area contributed by atoms with E-state index in [4.69, 9.17) is 19.8 Å². The summed E-state index contributed by atoms with van der Waals surface area (Å²) < 4.78 is 5.25. The van der Waals surface area contributed by atoms with E-state index in [9.17, 15) is 5.11 Å². The summed E-state index contributed by atoms with van der Waals surface area (Å²) in [7, 11) is 3.57. The summed E-state index contributed by atoms with van der Waals surface area (Å²) in [6, 6.07) is -0.199. The van der Waals surface area contributed by atoms with Gasteiger partial charge >= 0.3 is 0 Å². The quantitative estimate of drug-likeness (QED) is 0.673. The highest BCUT2D eigenvalue weighted by atomic mass is 16.5. The summed E-state index contributed by atoms with van der Waals surface area (Å²) in [6.07, 6.45) is 6.73. The third kappa shape index (κ3) is 4.36. The third-order valence-corrected chi connectivity index (χ3v) is 4.76. The van der Waals surface area contributed by atoms with Crippen LogP contribution in [0, 0.1) is 0 Å². The number of hydrogen-bond acceptors (Lipinski definition) is 9. The number of hydrogen-bond donors (Lipinski definition) is 2. The molecule has 2 unspecified atom stereocenters. The van der Waals surface area contributed by atoms with Crippen molar-refractivity contribution < 1.29 is 9.84 Å². The molecule has 148 valence electrons. The van der Waals surface area contributed by atoms with Crippen molar-refractivity contribution in [1.29, 1.82) is 0 Å². The predicted molar refractivity (Wildman–Crippen MR) is 107 cm³/mol. The van der Waals surface area contributed by atoms with Gasteiger partial charge in [-0.2, -0.15) is 10.1 Å². The molecule has 0 bridgehead atoms. The number of guanidine groups is 1. The predicted octanol–water partition coefficient (Wildman–Crippen LogP) is 0.439. The van der Waals surface area contributed by atoms with Crippen molar-refractivity contribution in [2.24, 2.45) is 20.1 Å². The SMILES string of the molecule is CCC1=NN(CCOC)C2C(NC3=CCCC=N3)=NC(N(C)CCO)=NC12. The molecular weight excluding hydrogens is 346 g/mol. The van der Waals surface area contributed by atoms with Crippen molar-refractivity contribution in [3.8, 4) is 0 Å². The van der Waals surface area contributed by atoms with Gasteiger partial charge in [-0.3, -0.25) is 5.01 Å². The molecule has 0 saturated heterocycles. The second-order valence-electron chi connectivity index (χ2n) is 6.67. The Bertz CT molecular complexity index is 683. The van der Waals surface area contributed by atoms with E-state index in [1.54, 1.807) is 7.11 Å². The zero-order valence-electron chi connectivity index (χ0n) is 16.3. The number of aliphatic hydroxyl groups is 1. The van der Waals surface area contributed by atoms with Gasteiger partial charge in [-0.1, -0.05) is 6.92 Å². The monoisotopic (exact) mass is 375 g/mol. The van der Waals surface area contributed by atoms with E-state index in [1.165, 1.54) is 0 Å². The largest absolute Gasteiger partial charge is 0.395 e. The van der Waals surface area contributed by atoms with Gasteiger partial charge in [0.2, 0.25) is 5.96 Å². The summed E-state index contributed by atoms with van der Waals surface area (Å²) in [5, 5.41) is 19.5. The second kappa shape index (κ2) is 9.09. The molecule has 0 aliphatic carbocycles. The molecule has 0 saturated carbocycles. The van der Waals surface area contributed by atoms with Crippen molar-refractivity contribution in [2.45, 2.75) is 38.3 Å². The normalized spacial score (nSPS) is 24.1. The lowest BCUT2D eigenvalue weighted by atomic mass is 10.0. The molecule has 3 aliphatic heterocycles. The Hall–Kier alpha value is -2.26. The molecule has 0 spiro atoms. The average molecular weight is 375 g/mol. The zero-order valence-corrected chi connectivity index (χ0v) is 16.3. The first-order valence-electron chi connectivity index (χ1n) is 9.49. The summed E-state index contributed by atoms with van der Waals surface area (Å²) in [5.74, 6) is 2.19. The number of fused-ring (bicyclic) bond motifs is 1. The molecule has 0 amide bonds. The van der Waals surface area contributed by atoms with Crippen LogP contribution in [0.4, 0.5) is 0 Å². The topological polar surface area (TPSA) is 97.4 Å². The molecular formula is C18H29N7O2. The smallest absolute Gasteiger partial charge is 0.222 e. The van der Waals surface area contributed by atoms with Gasteiger partial charge in [0, 0.05) is 26.9 Å². The minimum Gasteiger partial charge on any atom is -0.395 e. The molecule has 0 aromatic rings. The summed E-state index contributed by atoms with van der Waals surface area (Å²) in [6.45, 7) is 3.86. The molecule has 9 heteroatoms. The lowest BCUT2D eigenvalue weighted by Gasteiger charge is -2.32. The van der Waals surface area contributed by atoms with Crippen LogP contribution in [0.1, 0.15) is 26.2 Å². The fourth-order valence-electron chi connectivity index (χ4n) is 3.31. The van der Waals surface area contributed by atoms with Crippen LogP contribution in [0.5, 0.6) is 0 Å². The van der Waals surface area contributed by atoms with Crippen molar-refractivity contribution in [3.63, 3.8) is 0 Å². The lowest BCUT2D eigenvalue weighted by Crippen LogP contribution is -2.53. The van der Waals surface area contributed by atoms with Crippen LogP contribution in [0.25, 0.3) is 0 Å². The number of amidine groups is 1. The molecule has 9 nitrogen and oxygen atoms in total. The van der Waals surface area contributed by atoms with Crippen LogP contribution in [0.15, 0.2) is 32.0 Å². The number of nitrogens with zero attached hydrogens (tertiary/aromatic N) is 6. The number of methoxy groups -OCH3 is 1. The average Bonchev–Trinajstić information content (AvgIpc) is 3.05.